The molecule has 80 valence electrons. The van der Waals surface area contributed by atoms with Crippen LogP contribution in [0.5, 0.6) is 0 Å². The summed E-state index contributed by atoms with van der Waals surface area (Å²) in [5.74, 6) is 1.21. The normalized spacial score (nSPS) is 17.8. The minimum Gasteiger partial charge on any atom is -0.391 e. The molecule has 0 aliphatic carbocycles. The van der Waals surface area contributed by atoms with E-state index >= 15 is 0 Å². The first kappa shape index (κ1) is 11.1. The second-order valence-corrected chi connectivity index (χ2v) is 3.57. The highest BCUT2D eigenvalue weighted by Gasteiger charge is 2.20. The van der Waals surface area contributed by atoms with Gasteiger partial charge in [0.25, 0.3) is 0 Å². The summed E-state index contributed by atoms with van der Waals surface area (Å²) in [4.78, 5) is 4.14. The fourth-order valence-electron chi connectivity index (χ4n) is 0.972. The zero-order chi connectivity index (χ0) is 10.7. The Morgan fingerprint density at radius 1 is 1.50 bits per heavy atom. The highest BCUT2D eigenvalue weighted by molar-refractivity contribution is 4.97. The first-order valence-corrected chi connectivity index (χ1v) is 4.83. The average molecular weight is 199 g/mol. The van der Waals surface area contributed by atoms with E-state index in [-0.39, 0.29) is 5.92 Å². The van der Waals surface area contributed by atoms with Crippen LogP contribution in [0.2, 0.25) is 0 Å². The largest absolute Gasteiger partial charge is 0.391 e. The fourth-order valence-corrected chi connectivity index (χ4v) is 0.972. The molecule has 0 spiro atoms. The number of rotatable bonds is 4. The summed E-state index contributed by atoms with van der Waals surface area (Å²) in [5, 5.41) is 13.0. The molecule has 1 heterocycles. The molecule has 3 N–H and O–H groups in total. The Kier molecular flexibility index (Phi) is 3.60. The third-order valence-corrected chi connectivity index (χ3v) is 2.32. The van der Waals surface area contributed by atoms with Gasteiger partial charge in [0.15, 0.2) is 5.82 Å². The molecule has 3 unspecified atom stereocenters. The van der Waals surface area contributed by atoms with E-state index in [4.69, 9.17) is 10.3 Å². The number of hydrogen-bond donors (Lipinski definition) is 2. The molecule has 3 atom stereocenters. The van der Waals surface area contributed by atoms with Crippen molar-refractivity contribution in [2.24, 2.45) is 5.73 Å². The Morgan fingerprint density at radius 2 is 2.14 bits per heavy atom. The zero-order valence-electron chi connectivity index (χ0n) is 8.77. The average Bonchev–Trinajstić information content (AvgIpc) is 2.64. The van der Waals surface area contributed by atoms with Crippen LogP contribution in [-0.2, 0) is 0 Å². The summed E-state index contributed by atoms with van der Waals surface area (Å²) < 4.78 is 4.96. The van der Waals surface area contributed by atoms with Gasteiger partial charge < -0.3 is 15.4 Å². The highest BCUT2D eigenvalue weighted by Crippen LogP contribution is 2.18. The number of nitrogens with zero attached hydrogens (tertiary/aromatic N) is 2. The Labute approximate surface area is 83.3 Å². The smallest absolute Gasteiger partial charge is 0.246 e. The molecular formula is C9H17N3O2. The second kappa shape index (κ2) is 4.52. The fraction of sp³-hybridized carbons (Fsp3) is 0.778. The quantitative estimate of drug-likeness (QED) is 0.754. The lowest BCUT2D eigenvalue weighted by Gasteiger charge is -2.08. The molecule has 5 nitrogen and oxygen atoms in total. The summed E-state index contributed by atoms with van der Waals surface area (Å²) in [7, 11) is 0. The minimum absolute atomic E-state index is 0.258. The lowest BCUT2D eigenvalue weighted by atomic mass is 10.1. The van der Waals surface area contributed by atoms with Crippen LogP contribution < -0.4 is 5.73 Å². The minimum atomic E-state index is -0.680. The van der Waals surface area contributed by atoms with Gasteiger partial charge >= 0.3 is 0 Å². The summed E-state index contributed by atoms with van der Waals surface area (Å²) in [6, 6.07) is -0.597. The van der Waals surface area contributed by atoms with Crippen LogP contribution in [-0.4, -0.2) is 21.4 Å². The number of aromatic nitrogens is 2. The third-order valence-electron chi connectivity index (χ3n) is 2.32. The molecule has 0 amide bonds. The van der Waals surface area contributed by atoms with Gasteiger partial charge in [-0.2, -0.15) is 4.98 Å². The van der Waals surface area contributed by atoms with E-state index in [9.17, 15) is 5.11 Å². The molecule has 1 rings (SSSR count). The zero-order valence-corrected chi connectivity index (χ0v) is 8.77. The van der Waals surface area contributed by atoms with Gasteiger partial charge in [-0.15, -0.1) is 0 Å². The second-order valence-electron chi connectivity index (χ2n) is 3.57. The van der Waals surface area contributed by atoms with Crippen molar-refractivity contribution in [1.82, 2.24) is 10.1 Å². The summed E-state index contributed by atoms with van der Waals surface area (Å²) >= 11 is 0. The van der Waals surface area contributed by atoms with Crippen molar-refractivity contribution in [2.45, 2.75) is 45.3 Å². The SMILES string of the molecule is CCC(C)c1noc(C(N)C(C)O)n1. The van der Waals surface area contributed by atoms with Crippen LogP contribution in [0.25, 0.3) is 0 Å². The molecule has 1 aromatic heterocycles. The number of hydrogen-bond acceptors (Lipinski definition) is 5. The van der Waals surface area contributed by atoms with Crippen LogP contribution in [0.1, 0.15) is 50.9 Å². The molecule has 0 aromatic carbocycles. The molecule has 5 heteroatoms. The molecule has 0 saturated carbocycles. The molecule has 0 aliphatic heterocycles. The van der Waals surface area contributed by atoms with Crippen molar-refractivity contribution in [3.05, 3.63) is 11.7 Å². The third kappa shape index (κ3) is 2.30. The van der Waals surface area contributed by atoms with Gasteiger partial charge in [0.05, 0.1) is 6.10 Å². The van der Waals surface area contributed by atoms with Gasteiger partial charge in [-0.25, -0.2) is 0 Å². The van der Waals surface area contributed by atoms with Gasteiger partial charge in [-0.3, -0.25) is 0 Å². The first-order chi connectivity index (χ1) is 6.56. The number of aliphatic hydroxyl groups is 1. The van der Waals surface area contributed by atoms with Crippen LogP contribution in [0.4, 0.5) is 0 Å². The monoisotopic (exact) mass is 199 g/mol. The van der Waals surface area contributed by atoms with E-state index in [0.717, 1.165) is 6.42 Å². The molecular weight excluding hydrogens is 182 g/mol. The maximum Gasteiger partial charge on any atom is 0.246 e. The van der Waals surface area contributed by atoms with E-state index in [1.165, 1.54) is 0 Å². The van der Waals surface area contributed by atoms with Crippen LogP contribution in [0.3, 0.4) is 0 Å². The van der Waals surface area contributed by atoms with Crippen molar-refractivity contribution in [3.63, 3.8) is 0 Å². The highest BCUT2D eigenvalue weighted by atomic mass is 16.5. The molecule has 0 bridgehead atoms. The molecule has 1 aromatic rings. The topological polar surface area (TPSA) is 85.2 Å². The number of nitrogens with two attached hydrogens (primary N) is 1. The number of aliphatic hydroxyl groups excluding tert-OH is 1. The maximum atomic E-state index is 9.23. The predicted molar refractivity (Wildman–Crippen MR) is 51.6 cm³/mol. The van der Waals surface area contributed by atoms with Gasteiger partial charge in [0, 0.05) is 5.92 Å². The molecule has 0 radical (unpaired) electrons. The van der Waals surface area contributed by atoms with E-state index in [0.29, 0.717) is 11.7 Å². The van der Waals surface area contributed by atoms with Gasteiger partial charge in [-0.1, -0.05) is 19.0 Å². The summed E-state index contributed by atoms with van der Waals surface area (Å²) in [5.41, 5.74) is 5.65. The van der Waals surface area contributed by atoms with Crippen molar-refractivity contribution < 1.29 is 9.63 Å². The molecule has 0 aliphatic rings. The maximum absolute atomic E-state index is 9.23. The van der Waals surface area contributed by atoms with Gasteiger partial charge in [0.2, 0.25) is 5.89 Å². The van der Waals surface area contributed by atoms with Gasteiger partial charge in [0.1, 0.15) is 6.04 Å². The van der Waals surface area contributed by atoms with Gasteiger partial charge in [-0.05, 0) is 13.3 Å². The van der Waals surface area contributed by atoms with E-state index in [1.54, 1.807) is 6.92 Å². The molecule has 0 saturated heterocycles. The lowest BCUT2D eigenvalue weighted by Crippen LogP contribution is -2.23. The van der Waals surface area contributed by atoms with E-state index in [1.807, 2.05) is 6.92 Å². The Morgan fingerprint density at radius 3 is 2.64 bits per heavy atom. The molecule has 14 heavy (non-hydrogen) atoms. The summed E-state index contributed by atoms with van der Waals surface area (Å²) in [6.07, 6.45) is 0.267. The van der Waals surface area contributed by atoms with Crippen LogP contribution in [0, 0.1) is 0 Å². The standard InChI is InChI=1S/C9H17N3O2/c1-4-5(2)8-11-9(14-12-8)7(10)6(3)13/h5-7,13H,4,10H2,1-3H3. The first-order valence-electron chi connectivity index (χ1n) is 4.83. The summed E-state index contributed by atoms with van der Waals surface area (Å²) in [6.45, 7) is 5.66. The van der Waals surface area contributed by atoms with Crippen molar-refractivity contribution in [3.8, 4) is 0 Å². The predicted octanol–water partition coefficient (Wildman–Crippen LogP) is 0.964. The Balaban J connectivity index is 2.77. The van der Waals surface area contributed by atoms with Crippen LogP contribution in [0.15, 0.2) is 4.52 Å². The van der Waals surface area contributed by atoms with E-state index < -0.39 is 12.1 Å². The Bertz CT molecular complexity index is 285. The molecule has 0 fully saturated rings. The van der Waals surface area contributed by atoms with Crippen molar-refractivity contribution >= 4 is 0 Å². The van der Waals surface area contributed by atoms with E-state index in [2.05, 4.69) is 17.1 Å². The van der Waals surface area contributed by atoms with Crippen molar-refractivity contribution in [2.75, 3.05) is 0 Å². The van der Waals surface area contributed by atoms with Crippen molar-refractivity contribution in [1.29, 1.82) is 0 Å². The lowest BCUT2D eigenvalue weighted by molar-refractivity contribution is 0.146. The Hall–Kier alpha value is -0.940. The van der Waals surface area contributed by atoms with Crippen LogP contribution >= 0.6 is 0 Å².